The van der Waals surface area contributed by atoms with Crippen LogP contribution in [0.1, 0.15) is 41.9 Å². The molecule has 7 nitrogen and oxygen atoms in total. The van der Waals surface area contributed by atoms with Gasteiger partial charge in [-0.15, -0.1) is 0 Å². The van der Waals surface area contributed by atoms with E-state index in [2.05, 4.69) is 21.0 Å². The summed E-state index contributed by atoms with van der Waals surface area (Å²) in [5, 5.41) is 13.4. The molecule has 3 rings (SSSR count). The summed E-state index contributed by atoms with van der Waals surface area (Å²) >= 11 is 0. The van der Waals surface area contributed by atoms with E-state index in [-0.39, 0.29) is 11.8 Å². The molecule has 0 bridgehead atoms. The normalized spacial score (nSPS) is 17.1. The molecule has 1 aromatic heterocycles. The lowest BCUT2D eigenvalue weighted by atomic mass is 10.1. The van der Waals surface area contributed by atoms with Crippen LogP contribution in [0.4, 0.5) is 11.4 Å². The van der Waals surface area contributed by atoms with Gasteiger partial charge in [0.1, 0.15) is 0 Å². The average Bonchev–Trinajstić information content (AvgIpc) is 3.08. The van der Waals surface area contributed by atoms with Crippen LogP contribution in [-0.4, -0.2) is 34.7 Å². The predicted octanol–water partition coefficient (Wildman–Crippen LogP) is 2.33. The Kier molecular flexibility index (Phi) is 5.14. The fourth-order valence-corrected chi connectivity index (χ4v) is 2.95. The molecule has 0 aliphatic carbocycles. The lowest BCUT2D eigenvalue weighted by Gasteiger charge is -2.22. The van der Waals surface area contributed by atoms with Gasteiger partial charge in [0.2, 0.25) is 5.91 Å². The highest BCUT2D eigenvalue weighted by atomic mass is 16.2. The number of benzene rings is 1. The largest absolute Gasteiger partial charge is 0.326 e. The van der Waals surface area contributed by atoms with Crippen molar-refractivity contribution in [2.24, 2.45) is 0 Å². The third kappa shape index (κ3) is 4.24. The maximum absolute atomic E-state index is 12.5. The van der Waals surface area contributed by atoms with Crippen molar-refractivity contribution in [3.05, 3.63) is 41.7 Å². The van der Waals surface area contributed by atoms with E-state index < -0.39 is 0 Å². The highest BCUT2D eigenvalue weighted by molar-refractivity contribution is 6.03. The van der Waals surface area contributed by atoms with Gasteiger partial charge >= 0.3 is 0 Å². The monoisotopic (exact) mass is 341 g/mol. The number of carbonyl (C=O) groups is 2. The second-order valence-corrected chi connectivity index (χ2v) is 6.35. The first-order chi connectivity index (χ1) is 12.0. The quantitative estimate of drug-likeness (QED) is 0.796. The zero-order chi connectivity index (χ0) is 17.8. The summed E-state index contributed by atoms with van der Waals surface area (Å²) in [5.41, 5.74) is 2.60. The van der Waals surface area contributed by atoms with Crippen LogP contribution in [0.3, 0.4) is 0 Å². The molecule has 7 heteroatoms. The number of amides is 2. The molecule has 1 atom stereocenters. The van der Waals surface area contributed by atoms with Gasteiger partial charge in [0.25, 0.3) is 5.91 Å². The van der Waals surface area contributed by atoms with Gasteiger partial charge < -0.3 is 16.0 Å². The summed E-state index contributed by atoms with van der Waals surface area (Å²) in [6.07, 6.45) is 4.03. The molecule has 1 fully saturated rings. The number of nitrogens with zero attached hydrogens (tertiary/aromatic N) is 2. The molecular weight excluding hydrogens is 318 g/mol. The number of rotatable bonds is 4. The van der Waals surface area contributed by atoms with Gasteiger partial charge in [-0.3, -0.25) is 14.3 Å². The zero-order valence-electron chi connectivity index (χ0n) is 14.5. The van der Waals surface area contributed by atoms with Crippen molar-refractivity contribution in [1.82, 2.24) is 15.1 Å². The van der Waals surface area contributed by atoms with E-state index in [1.54, 1.807) is 18.2 Å². The van der Waals surface area contributed by atoms with Crippen LogP contribution in [0.25, 0.3) is 0 Å². The van der Waals surface area contributed by atoms with Crippen LogP contribution < -0.4 is 16.0 Å². The SMILES string of the molecule is CC(=O)Nc1ccc(C)c(NC(=O)c2ccn(C3CCCNC3)n2)c1. The third-order valence-corrected chi connectivity index (χ3v) is 4.29. The fraction of sp³-hybridized carbons (Fsp3) is 0.389. The molecule has 2 aromatic rings. The molecule has 0 spiro atoms. The van der Waals surface area contributed by atoms with E-state index in [0.29, 0.717) is 23.1 Å². The first kappa shape index (κ1) is 17.2. The van der Waals surface area contributed by atoms with Gasteiger partial charge in [0, 0.05) is 31.0 Å². The second kappa shape index (κ2) is 7.48. The number of aromatic nitrogens is 2. The minimum atomic E-state index is -0.259. The van der Waals surface area contributed by atoms with Crippen LogP contribution in [0.15, 0.2) is 30.5 Å². The Morgan fingerprint density at radius 2 is 2.12 bits per heavy atom. The molecule has 3 N–H and O–H groups in total. The van der Waals surface area contributed by atoms with E-state index in [1.165, 1.54) is 6.92 Å². The van der Waals surface area contributed by atoms with Crippen molar-refractivity contribution in [3.8, 4) is 0 Å². The van der Waals surface area contributed by atoms with Crippen molar-refractivity contribution in [1.29, 1.82) is 0 Å². The molecule has 1 unspecified atom stereocenters. The van der Waals surface area contributed by atoms with Gasteiger partial charge in [0.05, 0.1) is 6.04 Å². The van der Waals surface area contributed by atoms with Crippen LogP contribution in [0.2, 0.25) is 0 Å². The number of piperidine rings is 1. The number of hydrogen-bond donors (Lipinski definition) is 3. The van der Waals surface area contributed by atoms with Crippen LogP contribution >= 0.6 is 0 Å². The average molecular weight is 341 g/mol. The van der Waals surface area contributed by atoms with Gasteiger partial charge in [0.15, 0.2) is 5.69 Å². The molecule has 132 valence electrons. The smallest absolute Gasteiger partial charge is 0.276 e. The van der Waals surface area contributed by atoms with Crippen molar-refractivity contribution >= 4 is 23.2 Å². The molecule has 1 aliphatic heterocycles. The Morgan fingerprint density at radius 3 is 2.84 bits per heavy atom. The number of aryl methyl sites for hydroxylation is 1. The lowest BCUT2D eigenvalue weighted by molar-refractivity contribution is -0.114. The maximum Gasteiger partial charge on any atom is 0.276 e. The molecule has 2 heterocycles. The second-order valence-electron chi connectivity index (χ2n) is 6.35. The minimum Gasteiger partial charge on any atom is -0.326 e. The summed E-state index contributed by atoms with van der Waals surface area (Å²) < 4.78 is 1.86. The first-order valence-electron chi connectivity index (χ1n) is 8.48. The van der Waals surface area contributed by atoms with E-state index in [4.69, 9.17) is 0 Å². The van der Waals surface area contributed by atoms with Gasteiger partial charge in [-0.1, -0.05) is 6.07 Å². The van der Waals surface area contributed by atoms with Gasteiger partial charge in [-0.2, -0.15) is 5.10 Å². The van der Waals surface area contributed by atoms with Crippen molar-refractivity contribution < 1.29 is 9.59 Å². The van der Waals surface area contributed by atoms with Gasteiger partial charge in [-0.05, 0) is 50.1 Å². The zero-order valence-corrected chi connectivity index (χ0v) is 14.5. The van der Waals surface area contributed by atoms with Crippen LogP contribution in [-0.2, 0) is 4.79 Å². The van der Waals surface area contributed by atoms with Crippen molar-refractivity contribution in [2.75, 3.05) is 23.7 Å². The van der Waals surface area contributed by atoms with E-state index in [1.807, 2.05) is 23.9 Å². The molecular formula is C18H23N5O2. The summed E-state index contributed by atoms with van der Waals surface area (Å²) in [4.78, 5) is 23.7. The summed E-state index contributed by atoms with van der Waals surface area (Å²) in [7, 11) is 0. The molecule has 2 amide bonds. The Bertz CT molecular complexity index is 778. The molecule has 0 radical (unpaired) electrons. The third-order valence-electron chi connectivity index (χ3n) is 4.29. The number of hydrogen-bond acceptors (Lipinski definition) is 4. The van der Waals surface area contributed by atoms with Gasteiger partial charge in [-0.25, -0.2) is 0 Å². The molecule has 25 heavy (non-hydrogen) atoms. The van der Waals surface area contributed by atoms with Crippen molar-refractivity contribution in [3.63, 3.8) is 0 Å². The Hall–Kier alpha value is -2.67. The summed E-state index contributed by atoms with van der Waals surface area (Å²) in [6, 6.07) is 7.43. The lowest BCUT2D eigenvalue weighted by Crippen LogP contribution is -2.32. The Morgan fingerprint density at radius 1 is 1.28 bits per heavy atom. The molecule has 1 aromatic carbocycles. The standard InChI is InChI=1S/C18H23N5O2/c1-12-5-6-14(20-13(2)24)10-17(12)21-18(25)16-7-9-23(22-16)15-4-3-8-19-11-15/h5-7,9-10,15,19H,3-4,8,11H2,1-2H3,(H,20,24)(H,21,25). The molecule has 0 saturated carbocycles. The molecule has 1 saturated heterocycles. The van der Waals surface area contributed by atoms with Crippen molar-refractivity contribution in [2.45, 2.75) is 32.7 Å². The highest BCUT2D eigenvalue weighted by Gasteiger charge is 2.18. The first-order valence-corrected chi connectivity index (χ1v) is 8.48. The van der Waals surface area contributed by atoms with Crippen LogP contribution in [0.5, 0.6) is 0 Å². The summed E-state index contributed by atoms with van der Waals surface area (Å²) in [5.74, 6) is -0.411. The Labute approximate surface area is 146 Å². The van der Waals surface area contributed by atoms with Crippen LogP contribution in [0, 0.1) is 6.92 Å². The van der Waals surface area contributed by atoms with E-state index in [9.17, 15) is 9.59 Å². The topological polar surface area (TPSA) is 88.0 Å². The number of carbonyl (C=O) groups excluding carboxylic acids is 2. The number of nitrogens with one attached hydrogen (secondary N) is 3. The highest BCUT2D eigenvalue weighted by Crippen LogP contribution is 2.21. The molecule has 1 aliphatic rings. The summed E-state index contributed by atoms with van der Waals surface area (Å²) in [6.45, 7) is 5.26. The maximum atomic E-state index is 12.5. The fourth-order valence-electron chi connectivity index (χ4n) is 2.95. The predicted molar refractivity (Wildman–Crippen MR) is 96.8 cm³/mol. The van der Waals surface area contributed by atoms with E-state index >= 15 is 0 Å². The Balaban J connectivity index is 1.71. The number of anilines is 2. The minimum absolute atomic E-state index is 0.152. The van der Waals surface area contributed by atoms with E-state index in [0.717, 1.165) is 31.5 Å².